The van der Waals surface area contributed by atoms with Gasteiger partial charge in [-0.2, -0.15) is 10.2 Å². The van der Waals surface area contributed by atoms with Crippen molar-refractivity contribution < 1.29 is 9.90 Å². The zero-order valence-corrected chi connectivity index (χ0v) is 12.0. The van der Waals surface area contributed by atoms with Crippen molar-refractivity contribution in [2.45, 2.75) is 46.7 Å². The minimum atomic E-state index is -0.843. The van der Waals surface area contributed by atoms with Crippen molar-refractivity contribution in [3.8, 4) is 0 Å². The van der Waals surface area contributed by atoms with Crippen LogP contribution >= 0.6 is 0 Å². The summed E-state index contributed by atoms with van der Waals surface area (Å²) < 4.78 is 3.65. The third kappa shape index (κ3) is 2.87. The zero-order chi connectivity index (χ0) is 14.7. The highest BCUT2D eigenvalue weighted by atomic mass is 16.4. The second-order valence-corrected chi connectivity index (χ2v) is 4.78. The molecule has 7 nitrogen and oxygen atoms in total. The molecule has 2 heterocycles. The van der Waals surface area contributed by atoms with E-state index >= 15 is 0 Å². The first-order chi connectivity index (χ1) is 9.52. The molecule has 108 valence electrons. The monoisotopic (exact) mass is 277 g/mol. The van der Waals surface area contributed by atoms with Gasteiger partial charge < -0.3 is 5.11 Å². The van der Waals surface area contributed by atoms with E-state index in [0.29, 0.717) is 6.54 Å². The third-order valence-corrected chi connectivity index (χ3v) is 3.28. The first kappa shape index (κ1) is 14.2. The Morgan fingerprint density at radius 3 is 2.75 bits per heavy atom. The molecule has 7 heteroatoms. The van der Waals surface area contributed by atoms with Crippen molar-refractivity contribution in [3.05, 3.63) is 29.1 Å². The summed E-state index contributed by atoms with van der Waals surface area (Å²) in [6, 6.07) is 0. The van der Waals surface area contributed by atoms with Crippen LogP contribution in [-0.2, 0) is 24.3 Å². The number of hydrogen-bond acceptors (Lipinski definition) is 4. The number of rotatable bonds is 6. The molecule has 0 aliphatic rings. The Balaban J connectivity index is 2.25. The minimum Gasteiger partial charge on any atom is -0.481 e. The second kappa shape index (κ2) is 5.85. The SMILES string of the molecule is CCCn1ncnc1Cn1nc(C)c(CC(=O)O)c1C. The van der Waals surface area contributed by atoms with Crippen molar-refractivity contribution in [3.63, 3.8) is 0 Å². The molecule has 0 amide bonds. The molecule has 2 aromatic rings. The molecule has 20 heavy (non-hydrogen) atoms. The number of carboxylic acid groups (broad SMARTS) is 1. The fraction of sp³-hybridized carbons (Fsp3) is 0.538. The lowest BCUT2D eigenvalue weighted by molar-refractivity contribution is -0.136. The van der Waals surface area contributed by atoms with Crippen LogP contribution in [0.3, 0.4) is 0 Å². The van der Waals surface area contributed by atoms with Gasteiger partial charge in [-0.3, -0.25) is 9.48 Å². The third-order valence-electron chi connectivity index (χ3n) is 3.28. The molecule has 0 fully saturated rings. The fourth-order valence-electron chi connectivity index (χ4n) is 2.24. The van der Waals surface area contributed by atoms with Gasteiger partial charge in [-0.05, 0) is 20.3 Å². The number of carbonyl (C=O) groups is 1. The van der Waals surface area contributed by atoms with Crippen LogP contribution in [0.5, 0.6) is 0 Å². The van der Waals surface area contributed by atoms with Gasteiger partial charge >= 0.3 is 5.97 Å². The summed E-state index contributed by atoms with van der Waals surface area (Å²) in [5.74, 6) is -0.00998. The smallest absolute Gasteiger partial charge is 0.307 e. The Hall–Kier alpha value is -2.18. The lowest BCUT2D eigenvalue weighted by Crippen LogP contribution is -2.12. The van der Waals surface area contributed by atoms with Crippen molar-refractivity contribution in [2.24, 2.45) is 0 Å². The van der Waals surface area contributed by atoms with Gasteiger partial charge in [-0.25, -0.2) is 9.67 Å². The number of aromatic nitrogens is 5. The Kier molecular flexibility index (Phi) is 4.16. The standard InChI is InChI=1S/C13H19N5O2/c1-4-5-17-12(14-8-15-17)7-18-10(3)11(6-13(19)20)9(2)16-18/h8H,4-7H2,1-3H3,(H,19,20). The van der Waals surface area contributed by atoms with Gasteiger partial charge in [0.25, 0.3) is 0 Å². The van der Waals surface area contributed by atoms with E-state index in [2.05, 4.69) is 22.1 Å². The van der Waals surface area contributed by atoms with Gasteiger partial charge in [0.05, 0.1) is 12.1 Å². The normalized spacial score (nSPS) is 10.9. The lowest BCUT2D eigenvalue weighted by Gasteiger charge is -2.06. The average Bonchev–Trinajstić information content (AvgIpc) is 2.91. The molecular formula is C13H19N5O2. The average molecular weight is 277 g/mol. The maximum atomic E-state index is 10.9. The molecule has 0 saturated carbocycles. The van der Waals surface area contributed by atoms with Crippen LogP contribution in [0.25, 0.3) is 0 Å². The van der Waals surface area contributed by atoms with Crippen LogP contribution in [0.1, 0.15) is 36.1 Å². The highest BCUT2D eigenvalue weighted by molar-refractivity contribution is 5.70. The summed E-state index contributed by atoms with van der Waals surface area (Å²) in [7, 11) is 0. The summed E-state index contributed by atoms with van der Waals surface area (Å²) >= 11 is 0. The van der Waals surface area contributed by atoms with E-state index in [4.69, 9.17) is 5.11 Å². The van der Waals surface area contributed by atoms with Gasteiger partial charge in [0.15, 0.2) is 0 Å². The number of hydrogen-bond donors (Lipinski definition) is 1. The Bertz CT molecular complexity index is 614. The quantitative estimate of drug-likeness (QED) is 0.856. The molecular weight excluding hydrogens is 258 g/mol. The highest BCUT2D eigenvalue weighted by Gasteiger charge is 2.16. The molecule has 0 aliphatic heterocycles. The van der Waals surface area contributed by atoms with E-state index in [1.54, 1.807) is 4.68 Å². The van der Waals surface area contributed by atoms with Crippen LogP contribution in [0.15, 0.2) is 6.33 Å². The molecule has 0 unspecified atom stereocenters. The van der Waals surface area contributed by atoms with Gasteiger partial charge in [-0.1, -0.05) is 6.92 Å². The van der Waals surface area contributed by atoms with Crippen LogP contribution in [-0.4, -0.2) is 35.6 Å². The van der Waals surface area contributed by atoms with E-state index in [1.165, 1.54) is 6.33 Å². The van der Waals surface area contributed by atoms with E-state index in [1.807, 2.05) is 18.5 Å². The zero-order valence-electron chi connectivity index (χ0n) is 12.0. The van der Waals surface area contributed by atoms with E-state index in [0.717, 1.165) is 35.7 Å². The predicted octanol–water partition coefficient (Wildman–Crippen LogP) is 1.18. The summed E-state index contributed by atoms with van der Waals surface area (Å²) in [5.41, 5.74) is 2.40. The van der Waals surface area contributed by atoms with Gasteiger partial charge in [-0.15, -0.1) is 0 Å². The molecule has 2 aromatic heterocycles. The van der Waals surface area contributed by atoms with Crippen molar-refractivity contribution in [1.82, 2.24) is 24.5 Å². The first-order valence-corrected chi connectivity index (χ1v) is 6.64. The molecule has 0 atom stereocenters. The molecule has 0 radical (unpaired) electrons. The molecule has 0 aromatic carbocycles. The van der Waals surface area contributed by atoms with Gasteiger partial charge in [0.1, 0.15) is 18.7 Å². The van der Waals surface area contributed by atoms with Gasteiger partial charge in [0.2, 0.25) is 0 Å². The van der Waals surface area contributed by atoms with Crippen molar-refractivity contribution in [1.29, 1.82) is 0 Å². The fourth-order valence-corrected chi connectivity index (χ4v) is 2.24. The van der Waals surface area contributed by atoms with Crippen LogP contribution in [0.2, 0.25) is 0 Å². The predicted molar refractivity (Wildman–Crippen MR) is 72.5 cm³/mol. The number of nitrogens with zero attached hydrogens (tertiary/aromatic N) is 5. The largest absolute Gasteiger partial charge is 0.481 e. The second-order valence-electron chi connectivity index (χ2n) is 4.78. The van der Waals surface area contributed by atoms with Crippen LogP contribution in [0, 0.1) is 13.8 Å². The maximum Gasteiger partial charge on any atom is 0.307 e. The molecule has 0 spiro atoms. The van der Waals surface area contributed by atoms with Crippen LogP contribution in [0.4, 0.5) is 0 Å². The lowest BCUT2D eigenvalue weighted by atomic mass is 10.1. The molecule has 1 N–H and O–H groups in total. The minimum absolute atomic E-state index is 0.000677. The Morgan fingerprint density at radius 2 is 2.10 bits per heavy atom. The van der Waals surface area contributed by atoms with Crippen molar-refractivity contribution >= 4 is 5.97 Å². The number of carboxylic acids is 1. The highest BCUT2D eigenvalue weighted by Crippen LogP contribution is 2.15. The molecule has 0 aliphatic carbocycles. The van der Waals surface area contributed by atoms with E-state index in [-0.39, 0.29) is 6.42 Å². The first-order valence-electron chi connectivity index (χ1n) is 6.64. The van der Waals surface area contributed by atoms with E-state index < -0.39 is 5.97 Å². The molecule has 2 rings (SSSR count). The topological polar surface area (TPSA) is 85.8 Å². The Morgan fingerprint density at radius 1 is 1.35 bits per heavy atom. The summed E-state index contributed by atoms with van der Waals surface area (Å²) in [5, 5.41) is 17.5. The number of aryl methyl sites for hydroxylation is 2. The molecule has 0 saturated heterocycles. The maximum absolute atomic E-state index is 10.9. The summed E-state index contributed by atoms with van der Waals surface area (Å²) in [6.07, 6.45) is 2.52. The summed E-state index contributed by atoms with van der Waals surface area (Å²) in [6.45, 7) is 7.12. The summed E-state index contributed by atoms with van der Waals surface area (Å²) in [4.78, 5) is 15.1. The Labute approximate surface area is 117 Å². The van der Waals surface area contributed by atoms with Crippen LogP contribution < -0.4 is 0 Å². The van der Waals surface area contributed by atoms with Gasteiger partial charge in [0, 0.05) is 17.8 Å². The van der Waals surface area contributed by atoms with Crippen molar-refractivity contribution in [2.75, 3.05) is 0 Å². The number of aliphatic carboxylic acids is 1. The van der Waals surface area contributed by atoms with E-state index in [9.17, 15) is 4.79 Å². The molecule has 0 bridgehead atoms.